The van der Waals surface area contributed by atoms with Crippen molar-refractivity contribution < 1.29 is 4.79 Å². The van der Waals surface area contributed by atoms with Gasteiger partial charge in [0.15, 0.2) is 0 Å². The van der Waals surface area contributed by atoms with Gasteiger partial charge in [0.1, 0.15) is 0 Å². The third kappa shape index (κ3) is 2.39. The Hall–Kier alpha value is -1.62. The highest BCUT2D eigenvalue weighted by Gasteiger charge is 2.42. The molecule has 4 nitrogen and oxygen atoms in total. The van der Waals surface area contributed by atoms with Crippen molar-refractivity contribution in [2.24, 2.45) is 0 Å². The second-order valence-electron chi connectivity index (χ2n) is 5.87. The molecule has 0 radical (unpaired) electrons. The standard InChI is InChI=1S/C16H19N3OS/c20-16-18-13-9-21-14(15(13)19-16)7-3-4-10-8-17-12-6-2-1-5-11(10)12/h1-2,5-6,8,13-15,17H,3-4,7,9H2,(H2,18,19,20). The van der Waals surface area contributed by atoms with Crippen molar-refractivity contribution in [1.82, 2.24) is 15.6 Å². The topological polar surface area (TPSA) is 56.9 Å². The maximum absolute atomic E-state index is 11.4. The van der Waals surface area contributed by atoms with Crippen molar-refractivity contribution >= 4 is 28.7 Å². The van der Waals surface area contributed by atoms with E-state index in [1.165, 1.54) is 22.9 Å². The molecule has 3 N–H and O–H groups in total. The molecule has 0 aliphatic carbocycles. The van der Waals surface area contributed by atoms with Crippen LogP contribution in [0, 0.1) is 0 Å². The van der Waals surface area contributed by atoms with E-state index in [1.807, 2.05) is 11.8 Å². The summed E-state index contributed by atoms with van der Waals surface area (Å²) in [6.45, 7) is 0. The molecule has 2 aromatic rings. The van der Waals surface area contributed by atoms with E-state index >= 15 is 0 Å². The first kappa shape index (κ1) is 13.1. The molecule has 2 aliphatic heterocycles. The van der Waals surface area contributed by atoms with Crippen LogP contribution < -0.4 is 10.6 Å². The smallest absolute Gasteiger partial charge is 0.315 e. The van der Waals surface area contributed by atoms with Gasteiger partial charge in [0.05, 0.1) is 12.1 Å². The largest absolute Gasteiger partial charge is 0.361 e. The molecule has 0 bridgehead atoms. The van der Waals surface area contributed by atoms with Gasteiger partial charge in [-0.1, -0.05) is 18.2 Å². The summed E-state index contributed by atoms with van der Waals surface area (Å²) in [6.07, 6.45) is 5.56. The number of carbonyl (C=O) groups excluding carboxylic acids is 1. The Morgan fingerprint density at radius 3 is 3.10 bits per heavy atom. The van der Waals surface area contributed by atoms with E-state index in [-0.39, 0.29) is 6.03 Å². The van der Waals surface area contributed by atoms with Gasteiger partial charge in [-0.2, -0.15) is 11.8 Å². The van der Waals surface area contributed by atoms with Crippen LogP contribution in [0.25, 0.3) is 10.9 Å². The number of H-pyrrole nitrogens is 1. The normalized spacial score (nSPS) is 27.6. The monoisotopic (exact) mass is 301 g/mol. The van der Waals surface area contributed by atoms with Gasteiger partial charge in [-0.3, -0.25) is 0 Å². The quantitative estimate of drug-likeness (QED) is 0.760. The summed E-state index contributed by atoms with van der Waals surface area (Å²) in [6, 6.07) is 9.13. The third-order valence-electron chi connectivity index (χ3n) is 4.55. The van der Waals surface area contributed by atoms with Crippen molar-refractivity contribution in [3.63, 3.8) is 0 Å². The summed E-state index contributed by atoms with van der Waals surface area (Å²) in [7, 11) is 0. The highest BCUT2D eigenvalue weighted by molar-refractivity contribution is 8.00. The fourth-order valence-electron chi connectivity index (χ4n) is 3.48. The van der Waals surface area contributed by atoms with Crippen LogP contribution in [-0.4, -0.2) is 34.1 Å². The van der Waals surface area contributed by atoms with Crippen LogP contribution in [0.1, 0.15) is 18.4 Å². The molecule has 1 aromatic heterocycles. The molecular weight excluding hydrogens is 282 g/mol. The fraction of sp³-hybridized carbons (Fsp3) is 0.438. The Morgan fingerprint density at radius 1 is 1.24 bits per heavy atom. The molecule has 21 heavy (non-hydrogen) atoms. The van der Waals surface area contributed by atoms with E-state index in [1.54, 1.807) is 0 Å². The van der Waals surface area contributed by atoms with E-state index in [0.29, 0.717) is 17.3 Å². The molecule has 1 aromatic carbocycles. The van der Waals surface area contributed by atoms with Crippen molar-refractivity contribution in [2.45, 2.75) is 36.6 Å². The third-order valence-corrected chi connectivity index (χ3v) is 6.06. The Labute approximate surface area is 128 Å². The van der Waals surface area contributed by atoms with Crippen molar-refractivity contribution in [3.8, 4) is 0 Å². The summed E-state index contributed by atoms with van der Waals surface area (Å²) >= 11 is 1.99. The zero-order valence-electron chi connectivity index (χ0n) is 11.8. The molecular formula is C16H19N3OS. The molecule has 2 fully saturated rings. The molecule has 110 valence electrons. The van der Waals surface area contributed by atoms with Gasteiger partial charge in [0.2, 0.25) is 0 Å². The predicted octanol–water partition coefficient (Wildman–Crippen LogP) is 2.66. The number of thioether (sulfide) groups is 1. The van der Waals surface area contributed by atoms with Gasteiger partial charge < -0.3 is 15.6 Å². The van der Waals surface area contributed by atoms with Gasteiger partial charge in [-0.25, -0.2) is 4.79 Å². The summed E-state index contributed by atoms with van der Waals surface area (Å²) in [4.78, 5) is 14.7. The molecule has 2 aliphatic rings. The van der Waals surface area contributed by atoms with Crippen molar-refractivity contribution in [2.75, 3.05) is 5.75 Å². The van der Waals surface area contributed by atoms with E-state index in [4.69, 9.17) is 0 Å². The van der Waals surface area contributed by atoms with Crippen LogP contribution in [0.15, 0.2) is 30.5 Å². The molecule has 5 heteroatoms. The molecule has 0 spiro atoms. The average Bonchev–Trinajstić information content (AvgIpc) is 3.15. The molecule has 2 saturated heterocycles. The number of aromatic amines is 1. The molecule has 3 atom stereocenters. The summed E-state index contributed by atoms with van der Waals surface area (Å²) in [5, 5.41) is 7.95. The Kier molecular flexibility index (Phi) is 3.30. The fourth-order valence-corrected chi connectivity index (χ4v) is 5.02. The lowest BCUT2D eigenvalue weighted by atomic mass is 10.0. The first-order chi connectivity index (χ1) is 10.3. The molecule has 0 saturated carbocycles. The number of hydrogen-bond acceptors (Lipinski definition) is 2. The average molecular weight is 301 g/mol. The number of rotatable bonds is 4. The van der Waals surface area contributed by atoms with Crippen molar-refractivity contribution in [1.29, 1.82) is 0 Å². The summed E-state index contributed by atoms with van der Waals surface area (Å²) in [5.74, 6) is 1.04. The lowest BCUT2D eigenvalue weighted by molar-refractivity contribution is 0.247. The zero-order chi connectivity index (χ0) is 14.2. The van der Waals surface area contributed by atoms with E-state index < -0.39 is 0 Å². The first-order valence-corrected chi connectivity index (χ1v) is 8.60. The number of carbonyl (C=O) groups is 1. The molecule has 3 unspecified atom stereocenters. The van der Waals surface area contributed by atoms with Gasteiger partial charge in [0, 0.05) is 28.1 Å². The zero-order valence-corrected chi connectivity index (χ0v) is 12.6. The van der Waals surface area contributed by atoms with Crippen LogP contribution in [-0.2, 0) is 6.42 Å². The Morgan fingerprint density at radius 2 is 2.14 bits per heavy atom. The van der Waals surface area contributed by atoms with E-state index in [2.05, 4.69) is 46.1 Å². The van der Waals surface area contributed by atoms with Gasteiger partial charge >= 0.3 is 6.03 Å². The van der Waals surface area contributed by atoms with Crippen molar-refractivity contribution in [3.05, 3.63) is 36.0 Å². The van der Waals surface area contributed by atoms with Crippen LogP contribution in [0.5, 0.6) is 0 Å². The number of benzene rings is 1. The number of amides is 2. The van der Waals surface area contributed by atoms with Gasteiger partial charge in [-0.05, 0) is 30.9 Å². The number of para-hydroxylation sites is 1. The molecule has 2 amide bonds. The van der Waals surface area contributed by atoms with Crippen LogP contribution >= 0.6 is 11.8 Å². The predicted molar refractivity (Wildman–Crippen MR) is 86.7 cm³/mol. The minimum absolute atomic E-state index is 0.00642. The minimum Gasteiger partial charge on any atom is -0.361 e. The van der Waals surface area contributed by atoms with E-state index in [9.17, 15) is 4.79 Å². The van der Waals surface area contributed by atoms with Gasteiger partial charge in [0.25, 0.3) is 0 Å². The SMILES string of the molecule is O=C1NC2CSC(CCCc3c[nH]c4ccccc34)C2N1. The second-order valence-corrected chi connectivity index (χ2v) is 7.15. The molecule has 4 rings (SSSR count). The number of urea groups is 1. The number of aryl methyl sites for hydroxylation is 1. The highest BCUT2D eigenvalue weighted by Crippen LogP contribution is 2.33. The lowest BCUT2D eigenvalue weighted by Crippen LogP contribution is -2.36. The Bertz CT molecular complexity index is 668. The van der Waals surface area contributed by atoms with Gasteiger partial charge in [-0.15, -0.1) is 0 Å². The maximum atomic E-state index is 11.4. The minimum atomic E-state index is 0.00642. The first-order valence-electron chi connectivity index (χ1n) is 7.55. The van der Waals surface area contributed by atoms with Crippen LogP contribution in [0.4, 0.5) is 4.79 Å². The lowest BCUT2D eigenvalue weighted by Gasteiger charge is -2.16. The number of fused-ring (bicyclic) bond motifs is 2. The number of aromatic nitrogens is 1. The summed E-state index contributed by atoms with van der Waals surface area (Å²) in [5.41, 5.74) is 2.62. The van der Waals surface area contributed by atoms with Crippen LogP contribution in [0.2, 0.25) is 0 Å². The van der Waals surface area contributed by atoms with Crippen LogP contribution in [0.3, 0.4) is 0 Å². The summed E-state index contributed by atoms with van der Waals surface area (Å²) < 4.78 is 0. The highest BCUT2D eigenvalue weighted by atomic mass is 32.2. The maximum Gasteiger partial charge on any atom is 0.315 e. The van der Waals surface area contributed by atoms with E-state index in [0.717, 1.165) is 18.6 Å². The second kappa shape index (κ2) is 5.30. The number of hydrogen-bond donors (Lipinski definition) is 3. The molecule has 3 heterocycles. The Balaban J connectivity index is 1.37. The number of nitrogens with one attached hydrogen (secondary N) is 3.